The summed E-state index contributed by atoms with van der Waals surface area (Å²) >= 11 is 0. The van der Waals surface area contributed by atoms with Crippen LogP contribution >= 0.6 is 0 Å². The molecule has 2 saturated heterocycles. The molecule has 2 fully saturated rings. The molecule has 1 aliphatic carbocycles. The van der Waals surface area contributed by atoms with E-state index in [-0.39, 0.29) is 43.0 Å². The molecular weight excluding hydrogens is 638 g/mol. The molecular formula is C37H36B2N2O9. The quantitative estimate of drug-likeness (QED) is 0.106. The first-order valence-corrected chi connectivity index (χ1v) is 16.7. The first-order chi connectivity index (χ1) is 24.3. The minimum atomic E-state index is -1.76. The van der Waals surface area contributed by atoms with Crippen LogP contribution in [0.2, 0.25) is 6.32 Å². The number of imide groups is 1. The Labute approximate surface area is 289 Å². The average molecular weight is 674 g/mol. The minimum Gasteiger partial charge on any atom is -0.489 e. The molecule has 13 heteroatoms. The highest BCUT2D eigenvalue weighted by atomic mass is 16.5. The van der Waals surface area contributed by atoms with E-state index in [1.807, 2.05) is 54.6 Å². The molecule has 4 atom stereocenters. The number of fused-ring (bicyclic) bond motifs is 3. The number of carbonyl (C=O) groups excluding carboxylic acids is 2. The third kappa shape index (κ3) is 6.83. The van der Waals surface area contributed by atoms with Gasteiger partial charge >= 0.3 is 14.2 Å². The molecule has 2 aromatic carbocycles. The topological polar surface area (TPSA) is 163 Å². The van der Waals surface area contributed by atoms with E-state index in [9.17, 15) is 29.8 Å². The van der Waals surface area contributed by atoms with Gasteiger partial charge in [0.15, 0.2) is 0 Å². The predicted octanol–water partition coefficient (Wildman–Crippen LogP) is 3.25. The van der Waals surface area contributed by atoms with Crippen LogP contribution in [0.25, 0.3) is 11.6 Å². The van der Waals surface area contributed by atoms with Crippen LogP contribution in [0.4, 0.5) is 5.69 Å². The molecule has 254 valence electrons. The lowest BCUT2D eigenvalue weighted by Gasteiger charge is -2.43. The van der Waals surface area contributed by atoms with E-state index >= 15 is 0 Å². The molecule has 7 rings (SSSR count). The van der Waals surface area contributed by atoms with Gasteiger partial charge in [-0.3, -0.25) is 19.5 Å². The number of aromatic nitrogens is 1. The highest BCUT2D eigenvalue weighted by Crippen LogP contribution is 2.51. The summed E-state index contributed by atoms with van der Waals surface area (Å²) in [5.74, 6) is -1.05. The summed E-state index contributed by atoms with van der Waals surface area (Å²) < 4.78 is 18.2. The summed E-state index contributed by atoms with van der Waals surface area (Å²) in [6.07, 6.45) is 4.27. The number of hydrogen-bond acceptors (Lipinski definition) is 10. The Balaban J connectivity index is 1.24. The standard InChI is InChI=1S/C37H36B2N2O9/c42-21-29-14-13-28(49-29)17-23(32-11-4-5-16-40-32)12-15-33-34-24(22-48-27-9-2-1-3-10-27)18-30-35(31(34)20-38(45)50-33)37(44)41(36(30)43)26-8-6-7-25(19-26)39(46)47/h1-11,13-14,16-17,19,30-31,33,35,42,45-47H,12,15,18,20-22H2/b23-17-/t30-,31+,33-,35-/m1/s1. The lowest BCUT2D eigenvalue weighted by atomic mass is 9.58. The van der Waals surface area contributed by atoms with Crippen LogP contribution < -0.4 is 15.1 Å². The number of aliphatic hydroxyl groups is 1. The molecule has 0 spiro atoms. The van der Waals surface area contributed by atoms with E-state index in [1.165, 1.54) is 12.1 Å². The van der Waals surface area contributed by atoms with Crippen molar-refractivity contribution >= 4 is 48.9 Å². The zero-order valence-electron chi connectivity index (χ0n) is 27.2. The summed E-state index contributed by atoms with van der Waals surface area (Å²) in [7, 11) is -2.94. The minimum absolute atomic E-state index is 0.128. The van der Waals surface area contributed by atoms with Crippen LogP contribution in [0.15, 0.2) is 107 Å². The lowest BCUT2D eigenvalue weighted by molar-refractivity contribution is -0.122. The molecule has 4 heterocycles. The van der Waals surface area contributed by atoms with Gasteiger partial charge < -0.3 is 34.0 Å². The maximum Gasteiger partial charge on any atom is 0.488 e. The third-order valence-corrected chi connectivity index (χ3v) is 9.72. The summed E-state index contributed by atoms with van der Waals surface area (Å²) in [6.45, 7) is -0.0540. The number of anilines is 1. The van der Waals surface area contributed by atoms with E-state index in [0.29, 0.717) is 30.1 Å². The van der Waals surface area contributed by atoms with Crippen LogP contribution in [0, 0.1) is 17.8 Å². The number of ether oxygens (including phenoxy) is 1. The second-order valence-electron chi connectivity index (χ2n) is 12.8. The number of hydrogen-bond donors (Lipinski definition) is 4. The number of para-hydroxylation sites is 1. The Kier molecular flexibility index (Phi) is 9.84. The highest BCUT2D eigenvalue weighted by molar-refractivity contribution is 6.58. The zero-order chi connectivity index (χ0) is 34.8. The lowest BCUT2D eigenvalue weighted by Crippen LogP contribution is -2.46. The molecule has 0 bridgehead atoms. The predicted molar refractivity (Wildman–Crippen MR) is 186 cm³/mol. The molecule has 2 amide bonds. The van der Waals surface area contributed by atoms with Gasteiger partial charge in [0.25, 0.3) is 0 Å². The number of carbonyl (C=O) groups is 2. The van der Waals surface area contributed by atoms with Crippen molar-refractivity contribution in [2.24, 2.45) is 17.8 Å². The van der Waals surface area contributed by atoms with E-state index in [0.717, 1.165) is 27.3 Å². The number of amides is 2. The number of rotatable bonds is 11. The van der Waals surface area contributed by atoms with Crippen LogP contribution in [0.1, 0.15) is 36.5 Å². The Morgan fingerprint density at radius 3 is 2.56 bits per heavy atom. The van der Waals surface area contributed by atoms with E-state index in [1.54, 1.807) is 30.5 Å². The van der Waals surface area contributed by atoms with Crippen molar-refractivity contribution in [1.29, 1.82) is 0 Å². The van der Waals surface area contributed by atoms with Gasteiger partial charge in [0.1, 0.15) is 30.5 Å². The van der Waals surface area contributed by atoms with Crippen molar-refractivity contribution in [3.05, 3.63) is 119 Å². The van der Waals surface area contributed by atoms with Gasteiger partial charge in [0, 0.05) is 6.20 Å². The summed E-state index contributed by atoms with van der Waals surface area (Å²) in [6, 6.07) is 24.6. The van der Waals surface area contributed by atoms with Gasteiger partial charge in [0.2, 0.25) is 11.8 Å². The third-order valence-electron chi connectivity index (χ3n) is 9.72. The van der Waals surface area contributed by atoms with Crippen LogP contribution in [0.3, 0.4) is 0 Å². The monoisotopic (exact) mass is 674 g/mol. The van der Waals surface area contributed by atoms with Crippen molar-refractivity contribution in [3.8, 4) is 5.75 Å². The SMILES string of the molecule is O=C1[C@@H]2[C@@H](CC(COc3ccccc3)=C3[C@@H](CC/C(=C/c4ccc(CO)o4)c4ccccn4)OB(O)C[C@@H]32)C(=O)N1c1cccc(B(O)O)c1. The number of furan rings is 1. The Morgan fingerprint density at radius 2 is 1.82 bits per heavy atom. The van der Waals surface area contributed by atoms with Crippen molar-refractivity contribution in [2.75, 3.05) is 11.5 Å². The molecule has 3 aliphatic rings. The maximum atomic E-state index is 14.2. The number of benzene rings is 2. The van der Waals surface area contributed by atoms with Crippen LogP contribution in [-0.2, 0) is 20.9 Å². The van der Waals surface area contributed by atoms with Gasteiger partial charge in [-0.2, -0.15) is 0 Å². The van der Waals surface area contributed by atoms with Crippen LogP contribution in [0.5, 0.6) is 5.75 Å². The molecule has 2 aromatic heterocycles. The number of allylic oxidation sites excluding steroid dienone is 1. The Morgan fingerprint density at radius 1 is 1.00 bits per heavy atom. The Hall–Kier alpha value is -4.78. The number of pyridine rings is 1. The largest absolute Gasteiger partial charge is 0.489 e. The summed E-state index contributed by atoms with van der Waals surface area (Å²) in [5, 5.41) is 40.2. The average Bonchev–Trinajstić information content (AvgIpc) is 3.70. The van der Waals surface area contributed by atoms with Crippen molar-refractivity contribution in [3.63, 3.8) is 0 Å². The smallest absolute Gasteiger partial charge is 0.488 e. The number of aliphatic hydroxyl groups excluding tert-OH is 1. The molecule has 50 heavy (non-hydrogen) atoms. The number of nitrogens with zero attached hydrogens (tertiary/aromatic N) is 2. The van der Waals surface area contributed by atoms with Crippen molar-refractivity contribution in [2.45, 2.75) is 38.3 Å². The van der Waals surface area contributed by atoms with Gasteiger partial charge in [-0.1, -0.05) is 36.4 Å². The van der Waals surface area contributed by atoms with E-state index in [4.69, 9.17) is 13.8 Å². The Bertz CT molecular complexity index is 1910. The summed E-state index contributed by atoms with van der Waals surface area (Å²) in [4.78, 5) is 34.0. The fraction of sp³-hybridized carbons (Fsp3) is 0.270. The molecule has 4 aromatic rings. The van der Waals surface area contributed by atoms with Crippen molar-refractivity contribution in [1.82, 2.24) is 4.98 Å². The second kappa shape index (κ2) is 14.6. The molecule has 0 unspecified atom stereocenters. The summed E-state index contributed by atoms with van der Waals surface area (Å²) in [5.41, 5.74) is 3.72. The van der Waals surface area contributed by atoms with Crippen molar-refractivity contribution < 1.29 is 43.6 Å². The second-order valence-corrected chi connectivity index (χ2v) is 12.8. The molecule has 2 aliphatic heterocycles. The maximum absolute atomic E-state index is 14.2. The first-order valence-electron chi connectivity index (χ1n) is 16.7. The molecule has 11 nitrogen and oxygen atoms in total. The van der Waals surface area contributed by atoms with Gasteiger partial charge in [-0.15, -0.1) is 0 Å². The van der Waals surface area contributed by atoms with Gasteiger partial charge in [0.05, 0.1) is 29.3 Å². The fourth-order valence-corrected chi connectivity index (χ4v) is 7.50. The molecule has 0 radical (unpaired) electrons. The molecule has 0 saturated carbocycles. The highest BCUT2D eigenvalue weighted by Gasteiger charge is 2.57. The molecule has 4 N–H and O–H groups in total. The van der Waals surface area contributed by atoms with E-state index in [2.05, 4.69) is 4.98 Å². The van der Waals surface area contributed by atoms with E-state index < -0.39 is 44.0 Å². The van der Waals surface area contributed by atoms with Crippen LogP contribution in [-0.4, -0.2) is 63.9 Å². The zero-order valence-corrected chi connectivity index (χ0v) is 27.2. The van der Waals surface area contributed by atoms with Gasteiger partial charge in [-0.05, 0) is 108 Å². The normalized spacial score (nSPS) is 22.1. The van der Waals surface area contributed by atoms with Gasteiger partial charge in [-0.25, -0.2) is 0 Å². The fourth-order valence-electron chi connectivity index (χ4n) is 7.50. The first kappa shape index (κ1) is 33.7.